The Hall–Kier alpha value is -4.79. The molecule has 2 aliphatic rings. The van der Waals surface area contributed by atoms with Gasteiger partial charge in [-0.3, -0.25) is 19.1 Å². The molecule has 5 aromatic rings. The molecule has 0 radical (unpaired) electrons. The van der Waals surface area contributed by atoms with Crippen LogP contribution in [0.2, 0.25) is 0 Å². The number of amides is 1. The summed E-state index contributed by atoms with van der Waals surface area (Å²) in [5.41, 5.74) is 3.39. The van der Waals surface area contributed by atoms with E-state index in [0.29, 0.717) is 59.6 Å². The van der Waals surface area contributed by atoms with Crippen LogP contribution in [0.3, 0.4) is 0 Å². The summed E-state index contributed by atoms with van der Waals surface area (Å²) < 4.78 is 44.3. The van der Waals surface area contributed by atoms with Crippen LogP contribution in [0.4, 0.5) is 5.82 Å². The van der Waals surface area contributed by atoms with E-state index in [4.69, 9.17) is 14.2 Å². The standard InChI is InChI=1S/C40H49N7O6S/c1-6-7-16-37-41-28(3)33(23-38(48)44-21-19-43(20-22-44)31-17-18-31)40(49)46(37)25-30-24-45(34-13-9-8-12-32(30)34)35-14-10-11-15-36(35)54(50,51)47(26-52-5)39-27(2)29(4)53-42-39/h8-15,24,31H,6-7,16-23,25-26H2,1-5H3. The molecule has 0 atom stereocenters. The molecule has 3 aromatic heterocycles. The van der Waals surface area contributed by atoms with E-state index in [1.54, 1.807) is 42.7 Å². The van der Waals surface area contributed by atoms with Gasteiger partial charge in [-0.1, -0.05) is 48.8 Å². The number of aromatic nitrogens is 4. The lowest BCUT2D eigenvalue weighted by Crippen LogP contribution is -2.50. The quantitative estimate of drug-likeness (QED) is 0.141. The predicted molar refractivity (Wildman–Crippen MR) is 207 cm³/mol. The van der Waals surface area contributed by atoms with E-state index in [2.05, 4.69) is 17.0 Å². The van der Waals surface area contributed by atoms with Crippen molar-refractivity contribution >= 4 is 32.7 Å². The first kappa shape index (κ1) is 37.5. The first-order valence-corrected chi connectivity index (χ1v) is 20.2. The lowest BCUT2D eigenvalue weighted by atomic mass is 10.1. The van der Waals surface area contributed by atoms with E-state index in [1.807, 2.05) is 46.9 Å². The van der Waals surface area contributed by atoms with Crippen LogP contribution in [0.5, 0.6) is 0 Å². The zero-order valence-electron chi connectivity index (χ0n) is 31.7. The third-order valence-corrected chi connectivity index (χ3v) is 12.6. The summed E-state index contributed by atoms with van der Waals surface area (Å²) in [5, 5.41) is 4.92. The van der Waals surface area contributed by atoms with Crippen LogP contribution in [0, 0.1) is 20.8 Å². The minimum absolute atomic E-state index is 0.00460. The van der Waals surface area contributed by atoms with Gasteiger partial charge in [-0.25, -0.2) is 17.7 Å². The Balaban J connectivity index is 1.27. The maximum Gasteiger partial charge on any atom is 0.269 e. The summed E-state index contributed by atoms with van der Waals surface area (Å²) in [6, 6.07) is 15.2. The molecule has 7 rings (SSSR count). The molecule has 14 heteroatoms. The third kappa shape index (κ3) is 7.21. The number of rotatable bonds is 14. The highest BCUT2D eigenvalue weighted by atomic mass is 32.2. The van der Waals surface area contributed by atoms with E-state index < -0.39 is 10.0 Å². The Morgan fingerprint density at radius 3 is 2.43 bits per heavy atom. The summed E-state index contributed by atoms with van der Waals surface area (Å²) >= 11 is 0. The van der Waals surface area contributed by atoms with Crippen LogP contribution < -0.4 is 9.86 Å². The molecule has 1 amide bonds. The van der Waals surface area contributed by atoms with E-state index in [-0.39, 0.29) is 41.9 Å². The van der Waals surface area contributed by atoms with E-state index in [9.17, 15) is 18.0 Å². The average molecular weight is 756 g/mol. The van der Waals surface area contributed by atoms with Gasteiger partial charge in [0.2, 0.25) is 5.91 Å². The second-order valence-corrected chi connectivity index (χ2v) is 16.2. The van der Waals surface area contributed by atoms with E-state index in [0.717, 1.165) is 46.7 Å². The number of anilines is 1. The molecule has 4 heterocycles. The molecule has 13 nitrogen and oxygen atoms in total. The molecular formula is C40H49N7O6S. The zero-order valence-corrected chi connectivity index (χ0v) is 32.6. The Morgan fingerprint density at radius 2 is 1.74 bits per heavy atom. The number of para-hydroxylation sites is 2. The number of ether oxygens (including phenoxy) is 1. The van der Waals surface area contributed by atoms with Gasteiger partial charge in [-0.05, 0) is 63.8 Å². The molecule has 54 heavy (non-hydrogen) atoms. The zero-order chi connectivity index (χ0) is 38.1. The Morgan fingerprint density at radius 1 is 1.02 bits per heavy atom. The van der Waals surface area contributed by atoms with Crippen molar-refractivity contribution < 1.29 is 22.5 Å². The molecule has 1 saturated heterocycles. The fourth-order valence-electron chi connectivity index (χ4n) is 7.43. The number of hydrogen-bond donors (Lipinski definition) is 0. The van der Waals surface area contributed by atoms with Crippen LogP contribution >= 0.6 is 0 Å². The topological polar surface area (TPSA) is 136 Å². The molecule has 286 valence electrons. The summed E-state index contributed by atoms with van der Waals surface area (Å²) in [6.45, 7) is 10.4. The van der Waals surface area contributed by atoms with Crippen LogP contribution in [0.1, 0.15) is 66.6 Å². The largest absolute Gasteiger partial charge is 0.363 e. The van der Waals surface area contributed by atoms with Crippen LogP contribution in [-0.2, 0) is 38.9 Å². The van der Waals surface area contributed by atoms with Gasteiger partial charge >= 0.3 is 0 Å². The highest BCUT2D eigenvalue weighted by Crippen LogP contribution is 2.33. The van der Waals surface area contributed by atoms with Gasteiger partial charge in [-0.2, -0.15) is 0 Å². The fraction of sp³-hybridized carbons (Fsp3) is 0.450. The number of hydrogen-bond acceptors (Lipinski definition) is 9. The van der Waals surface area contributed by atoms with Crippen molar-refractivity contribution in [1.82, 2.24) is 29.1 Å². The number of carbonyl (C=O) groups excluding carboxylic acids is 1. The molecule has 0 N–H and O–H groups in total. The van der Waals surface area contributed by atoms with Crippen molar-refractivity contribution in [2.75, 3.05) is 44.3 Å². The van der Waals surface area contributed by atoms with Crippen LogP contribution in [0.25, 0.3) is 16.6 Å². The van der Waals surface area contributed by atoms with E-state index >= 15 is 0 Å². The average Bonchev–Trinajstić information content (AvgIpc) is 3.90. The second-order valence-electron chi connectivity index (χ2n) is 14.4. The monoisotopic (exact) mass is 755 g/mol. The number of unbranched alkanes of at least 4 members (excludes halogenated alkanes) is 1. The number of sulfonamides is 1. The van der Waals surface area contributed by atoms with Crippen molar-refractivity contribution in [3.05, 3.63) is 99.1 Å². The summed E-state index contributed by atoms with van der Waals surface area (Å²) in [7, 11) is -2.79. The third-order valence-electron chi connectivity index (χ3n) is 10.8. The number of methoxy groups -OCH3 is 1. The number of aryl methyl sites for hydroxylation is 3. The molecule has 0 bridgehead atoms. The number of fused-ring (bicyclic) bond motifs is 1. The van der Waals surface area contributed by atoms with Crippen molar-refractivity contribution in [2.24, 2.45) is 0 Å². The number of nitrogens with zero attached hydrogens (tertiary/aromatic N) is 7. The highest BCUT2D eigenvalue weighted by molar-refractivity contribution is 7.93. The molecule has 0 spiro atoms. The molecule has 0 unspecified atom stereocenters. The lowest BCUT2D eigenvalue weighted by Gasteiger charge is -2.35. The number of benzene rings is 2. The summed E-state index contributed by atoms with van der Waals surface area (Å²) in [4.78, 5) is 37.4. The maximum atomic E-state index is 14.5. The summed E-state index contributed by atoms with van der Waals surface area (Å²) in [6.07, 6.45) is 6.77. The van der Waals surface area contributed by atoms with Crippen molar-refractivity contribution in [3.63, 3.8) is 0 Å². The predicted octanol–water partition coefficient (Wildman–Crippen LogP) is 5.14. The summed E-state index contributed by atoms with van der Waals surface area (Å²) in [5.74, 6) is 1.28. The first-order chi connectivity index (χ1) is 26.0. The molecule has 1 saturated carbocycles. The molecule has 1 aliphatic carbocycles. The Kier molecular flexibility index (Phi) is 10.8. The molecular weight excluding hydrogens is 707 g/mol. The number of piperazine rings is 1. The van der Waals surface area contributed by atoms with Crippen LogP contribution in [-0.4, -0.2) is 89.5 Å². The van der Waals surface area contributed by atoms with Crippen LogP contribution in [0.15, 0.2) is 68.9 Å². The Bertz CT molecular complexity index is 2330. The van der Waals surface area contributed by atoms with Gasteiger partial charge in [0.15, 0.2) is 5.82 Å². The minimum Gasteiger partial charge on any atom is -0.363 e. The normalized spacial score (nSPS) is 15.3. The van der Waals surface area contributed by atoms with Gasteiger partial charge < -0.3 is 18.7 Å². The fourth-order valence-corrected chi connectivity index (χ4v) is 8.99. The molecule has 1 aliphatic heterocycles. The Labute approximate surface area is 316 Å². The smallest absolute Gasteiger partial charge is 0.269 e. The van der Waals surface area contributed by atoms with Crippen molar-refractivity contribution in [3.8, 4) is 5.69 Å². The molecule has 2 fully saturated rings. The maximum absolute atomic E-state index is 14.5. The van der Waals surface area contributed by atoms with Gasteiger partial charge in [0, 0.05) is 74.2 Å². The van der Waals surface area contributed by atoms with E-state index in [1.165, 1.54) is 20.0 Å². The minimum atomic E-state index is -4.22. The number of carbonyl (C=O) groups is 1. The van der Waals surface area contributed by atoms with Crippen molar-refractivity contribution in [1.29, 1.82) is 0 Å². The van der Waals surface area contributed by atoms with Gasteiger partial charge in [0.05, 0.1) is 24.2 Å². The second kappa shape index (κ2) is 15.5. The van der Waals surface area contributed by atoms with Gasteiger partial charge in [-0.15, -0.1) is 0 Å². The lowest BCUT2D eigenvalue weighted by molar-refractivity contribution is -0.132. The van der Waals surface area contributed by atoms with Gasteiger partial charge in [0.1, 0.15) is 23.2 Å². The van der Waals surface area contributed by atoms with Crippen molar-refractivity contribution in [2.45, 2.75) is 83.7 Å². The van der Waals surface area contributed by atoms with Gasteiger partial charge in [0.25, 0.3) is 15.6 Å². The molecule has 2 aromatic carbocycles. The first-order valence-electron chi connectivity index (χ1n) is 18.8. The SMILES string of the molecule is CCCCc1nc(C)c(CC(=O)N2CCN(C3CC3)CC2)c(=O)n1Cc1cn(-c2ccccc2S(=O)(=O)N(COC)c2noc(C)c2C)c2ccccc12. The highest BCUT2D eigenvalue weighted by Gasteiger charge is 2.34.